The van der Waals surface area contributed by atoms with Gasteiger partial charge in [0.1, 0.15) is 0 Å². The van der Waals surface area contributed by atoms with Gasteiger partial charge in [-0.2, -0.15) is 0 Å². The molecule has 0 amide bonds. The van der Waals surface area contributed by atoms with Crippen molar-refractivity contribution in [3.05, 3.63) is 23.8 Å². The van der Waals surface area contributed by atoms with Crippen molar-refractivity contribution in [1.29, 1.82) is 0 Å². The summed E-state index contributed by atoms with van der Waals surface area (Å²) in [6.07, 6.45) is 0. The van der Waals surface area contributed by atoms with Crippen molar-refractivity contribution in [3.8, 4) is 0 Å². The van der Waals surface area contributed by atoms with Crippen molar-refractivity contribution < 1.29 is 8.78 Å². The molecule has 0 aliphatic carbocycles. The van der Waals surface area contributed by atoms with E-state index in [9.17, 15) is 8.78 Å². The van der Waals surface area contributed by atoms with Gasteiger partial charge in [0.25, 0.3) is 0 Å². The lowest BCUT2D eigenvalue weighted by atomic mass is 10.2. The van der Waals surface area contributed by atoms with E-state index in [0.29, 0.717) is 11.4 Å². The average molecular weight is 184 g/mol. The Morgan fingerprint density at radius 2 is 2.00 bits per heavy atom. The average Bonchev–Trinajstić information content (AvgIpc) is 2.09. The molecular weight excluding hydrogens is 174 g/mol. The van der Waals surface area contributed by atoms with Crippen molar-refractivity contribution in [3.63, 3.8) is 0 Å². The fraction of sp³-hybridized carbons (Fsp3) is 0.333. The first-order chi connectivity index (χ1) is 6.18. The molecular formula is C9H10F2N2. The van der Waals surface area contributed by atoms with Crippen molar-refractivity contribution in [2.45, 2.75) is 0 Å². The molecule has 0 atom stereocenters. The number of nitrogens with zero attached hydrogens (tertiary/aromatic N) is 1. The maximum absolute atomic E-state index is 12.9. The summed E-state index contributed by atoms with van der Waals surface area (Å²) < 4.78 is 25.7. The normalized spacial score (nSPS) is 15.2. The van der Waals surface area contributed by atoms with Gasteiger partial charge in [0.05, 0.1) is 11.4 Å². The molecule has 13 heavy (non-hydrogen) atoms. The third-order valence-electron chi connectivity index (χ3n) is 2.21. The van der Waals surface area contributed by atoms with Crippen LogP contribution in [0.1, 0.15) is 0 Å². The summed E-state index contributed by atoms with van der Waals surface area (Å²) >= 11 is 0. The molecule has 0 radical (unpaired) electrons. The highest BCUT2D eigenvalue weighted by Crippen LogP contribution is 2.29. The van der Waals surface area contributed by atoms with E-state index in [-0.39, 0.29) is 0 Å². The van der Waals surface area contributed by atoms with Crippen LogP contribution in [0.5, 0.6) is 0 Å². The van der Waals surface area contributed by atoms with Crippen LogP contribution in [0.4, 0.5) is 20.2 Å². The monoisotopic (exact) mass is 184 g/mol. The molecule has 1 aliphatic heterocycles. The Bertz CT molecular complexity index is 339. The van der Waals surface area contributed by atoms with Gasteiger partial charge in [0.2, 0.25) is 0 Å². The van der Waals surface area contributed by atoms with E-state index < -0.39 is 11.6 Å². The number of anilines is 2. The predicted octanol–water partition coefficient (Wildman–Crippen LogP) is 1.83. The van der Waals surface area contributed by atoms with E-state index in [4.69, 9.17) is 0 Å². The Labute approximate surface area is 75.2 Å². The van der Waals surface area contributed by atoms with E-state index in [1.54, 1.807) is 0 Å². The standard InChI is InChI=1S/C9H10F2N2/c1-13-3-2-12-8-4-6(10)7(11)5-9(8)13/h4-5,12H,2-3H2,1H3. The molecule has 1 aromatic rings. The largest absolute Gasteiger partial charge is 0.382 e. The minimum absolute atomic E-state index is 0.660. The number of likely N-dealkylation sites (N-methyl/N-ethyl adjacent to an activating group) is 1. The minimum Gasteiger partial charge on any atom is -0.382 e. The fourth-order valence-corrected chi connectivity index (χ4v) is 1.47. The topological polar surface area (TPSA) is 15.3 Å². The van der Waals surface area contributed by atoms with Gasteiger partial charge >= 0.3 is 0 Å². The second-order valence-corrected chi connectivity index (χ2v) is 3.13. The highest BCUT2D eigenvalue weighted by Gasteiger charge is 2.16. The maximum Gasteiger partial charge on any atom is 0.161 e. The maximum atomic E-state index is 12.9. The highest BCUT2D eigenvalue weighted by molar-refractivity contribution is 5.71. The zero-order valence-corrected chi connectivity index (χ0v) is 7.27. The number of hydrogen-bond acceptors (Lipinski definition) is 2. The van der Waals surface area contributed by atoms with E-state index in [1.165, 1.54) is 12.1 Å². The SMILES string of the molecule is CN1CCNc2cc(F)c(F)cc21. The van der Waals surface area contributed by atoms with Gasteiger partial charge in [-0.3, -0.25) is 0 Å². The van der Waals surface area contributed by atoms with Crippen molar-refractivity contribution in [2.75, 3.05) is 30.4 Å². The Morgan fingerprint density at radius 1 is 1.31 bits per heavy atom. The van der Waals surface area contributed by atoms with E-state index in [0.717, 1.165) is 13.1 Å². The van der Waals surface area contributed by atoms with Gasteiger partial charge in [-0.05, 0) is 0 Å². The Balaban J connectivity index is 2.52. The summed E-state index contributed by atoms with van der Waals surface area (Å²) in [5.74, 6) is -1.60. The molecule has 0 fully saturated rings. The van der Waals surface area contributed by atoms with Crippen LogP contribution < -0.4 is 10.2 Å². The lowest BCUT2D eigenvalue weighted by molar-refractivity contribution is 0.508. The summed E-state index contributed by atoms with van der Waals surface area (Å²) in [6.45, 7) is 1.56. The zero-order chi connectivity index (χ0) is 9.42. The van der Waals surface area contributed by atoms with Gasteiger partial charge in [-0.1, -0.05) is 0 Å². The number of rotatable bonds is 0. The van der Waals surface area contributed by atoms with E-state index in [1.807, 2.05) is 11.9 Å². The number of nitrogens with one attached hydrogen (secondary N) is 1. The molecule has 2 rings (SSSR count). The van der Waals surface area contributed by atoms with Gasteiger partial charge in [-0.15, -0.1) is 0 Å². The molecule has 0 unspecified atom stereocenters. The summed E-state index contributed by atoms with van der Waals surface area (Å²) in [4.78, 5) is 1.90. The molecule has 0 aromatic heterocycles. The van der Waals surface area contributed by atoms with Crippen molar-refractivity contribution in [1.82, 2.24) is 0 Å². The molecule has 1 aliphatic rings. The Morgan fingerprint density at radius 3 is 2.77 bits per heavy atom. The Kier molecular flexibility index (Phi) is 1.83. The van der Waals surface area contributed by atoms with Crippen LogP contribution in [-0.2, 0) is 0 Å². The molecule has 1 heterocycles. The number of fused-ring (bicyclic) bond motifs is 1. The number of benzene rings is 1. The molecule has 2 nitrogen and oxygen atoms in total. The minimum atomic E-state index is -0.804. The molecule has 1 N–H and O–H groups in total. The van der Waals surface area contributed by atoms with Gasteiger partial charge in [0, 0.05) is 32.3 Å². The first-order valence-electron chi connectivity index (χ1n) is 4.12. The molecule has 0 spiro atoms. The van der Waals surface area contributed by atoms with Crippen LogP contribution in [0, 0.1) is 11.6 Å². The molecule has 70 valence electrons. The van der Waals surface area contributed by atoms with Crippen LogP contribution in [-0.4, -0.2) is 20.1 Å². The second kappa shape index (κ2) is 2.87. The summed E-state index contributed by atoms with van der Waals surface area (Å²) in [5.41, 5.74) is 1.37. The van der Waals surface area contributed by atoms with Crippen molar-refractivity contribution >= 4 is 11.4 Å². The van der Waals surface area contributed by atoms with Crippen molar-refractivity contribution in [2.24, 2.45) is 0 Å². The lowest BCUT2D eigenvalue weighted by Gasteiger charge is -2.28. The molecule has 0 saturated heterocycles. The first-order valence-corrected chi connectivity index (χ1v) is 4.12. The smallest absolute Gasteiger partial charge is 0.161 e. The van der Waals surface area contributed by atoms with Gasteiger partial charge in [0.15, 0.2) is 11.6 Å². The van der Waals surface area contributed by atoms with Gasteiger partial charge in [-0.25, -0.2) is 8.78 Å². The predicted molar refractivity (Wildman–Crippen MR) is 48.1 cm³/mol. The van der Waals surface area contributed by atoms with Crippen LogP contribution >= 0.6 is 0 Å². The molecule has 4 heteroatoms. The number of hydrogen-bond donors (Lipinski definition) is 1. The van der Waals surface area contributed by atoms with Crippen LogP contribution in [0.15, 0.2) is 12.1 Å². The summed E-state index contributed by atoms with van der Waals surface area (Å²) in [5, 5.41) is 3.01. The van der Waals surface area contributed by atoms with Crippen LogP contribution in [0.3, 0.4) is 0 Å². The molecule has 0 bridgehead atoms. The van der Waals surface area contributed by atoms with Crippen LogP contribution in [0.2, 0.25) is 0 Å². The third-order valence-corrected chi connectivity index (χ3v) is 2.21. The molecule has 0 saturated carbocycles. The third kappa shape index (κ3) is 1.32. The number of halogens is 2. The lowest BCUT2D eigenvalue weighted by Crippen LogP contribution is -2.30. The first kappa shape index (κ1) is 8.29. The molecule has 1 aromatic carbocycles. The quantitative estimate of drug-likeness (QED) is 0.661. The zero-order valence-electron chi connectivity index (χ0n) is 7.27. The van der Waals surface area contributed by atoms with E-state index in [2.05, 4.69) is 5.32 Å². The highest BCUT2D eigenvalue weighted by atomic mass is 19.2. The summed E-state index contributed by atoms with van der Waals surface area (Å²) in [7, 11) is 1.86. The summed E-state index contributed by atoms with van der Waals surface area (Å²) in [6, 6.07) is 2.41. The second-order valence-electron chi connectivity index (χ2n) is 3.13. The fourth-order valence-electron chi connectivity index (χ4n) is 1.47. The van der Waals surface area contributed by atoms with Crippen LogP contribution in [0.25, 0.3) is 0 Å². The Hall–Kier alpha value is -1.32. The van der Waals surface area contributed by atoms with E-state index >= 15 is 0 Å². The van der Waals surface area contributed by atoms with Gasteiger partial charge < -0.3 is 10.2 Å².